The maximum absolute atomic E-state index is 12.1. The van der Waals surface area contributed by atoms with Crippen LogP contribution in [0.2, 0.25) is 0 Å². The molecule has 2 N–H and O–H groups in total. The van der Waals surface area contributed by atoms with Gasteiger partial charge in [0.1, 0.15) is 11.6 Å². The molecule has 0 bridgehead atoms. The summed E-state index contributed by atoms with van der Waals surface area (Å²) < 4.78 is 7.18. The van der Waals surface area contributed by atoms with E-state index in [9.17, 15) is 9.59 Å². The average Bonchev–Trinajstić information content (AvgIpc) is 3.07. The molecule has 9 heteroatoms. The van der Waals surface area contributed by atoms with Crippen molar-refractivity contribution in [2.45, 2.75) is 20.3 Å². The van der Waals surface area contributed by atoms with Gasteiger partial charge in [-0.15, -0.1) is 0 Å². The van der Waals surface area contributed by atoms with Gasteiger partial charge in [0.15, 0.2) is 17.4 Å². The molecule has 0 saturated carbocycles. The van der Waals surface area contributed by atoms with Crippen molar-refractivity contribution in [2.24, 2.45) is 0 Å². The molecule has 0 saturated heterocycles. The van der Waals surface area contributed by atoms with E-state index in [4.69, 9.17) is 4.42 Å². The van der Waals surface area contributed by atoms with Crippen molar-refractivity contribution >= 4 is 32.2 Å². The first-order valence-electron chi connectivity index (χ1n) is 7.00. The number of rotatable bonds is 4. The average molecular weight is 333 g/mol. The molecule has 1 aliphatic rings. The number of fused-ring (bicyclic) bond motifs is 1. The highest BCUT2D eigenvalue weighted by Gasteiger charge is 2.32. The van der Waals surface area contributed by atoms with Crippen LogP contribution in [0.3, 0.4) is 0 Å². The molecule has 1 unspecified atom stereocenters. The lowest BCUT2D eigenvalue weighted by Crippen LogP contribution is -2.28. The maximum Gasteiger partial charge on any atom is 0.235 e. The molecule has 1 atom stereocenters. The fourth-order valence-corrected chi connectivity index (χ4v) is 3.04. The van der Waals surface area contributed by atoms with E-state index in [1.165, 1.54) is 6.92 Å². The Balaban J connectivity index is 2.09. The van der Waals surface area contributed by atoms with Gasteiger partial charge < -0.3 is 4.42 Å². The fourth-order valence-electron chi connectivity index (χ4n) is 2.31. The highest BCUT2D eigenvalue weighted by Crippen LogP contribution is 2.38. The van der Waals surface area contributed by atoms with Crippen LogP contribution in [0.25, 0.3) is 11.6 Å². The molecule has 0 aliphatic carbocycles. The van der Waals surface area contributed by atoms with Gasteiger partial charge in [0.2, 0.25) is 11.8 Å². The zero-order valence-corrected chi connectivity index (χ0v) is 13.9. The molecule has 8 nitrogen and oxygen atoms in total. The Morgan fingerprint density at radius 1 is 1.39 bits per heavy atom. The van der Waals surface area contributed by atoms with E-state index in [-0.39, 0.29) is 27.0 Å². The Hall–Kier alpha value is -2.47. The van der Waals surface area contributed by atoms with Gasteiger partial charge in [-0.2, -0.15) is 0 Å². The normalized spacial score (nSPS) is 13.7. The molecule has 2 aromatic rings. The lowest BCUT2D eigenvalue weighted by molar-refractivity contribution is -0.118. The highest BCUT2D eigenvalue weighted by atomic mass is 31.1. The molecule has 1 aliphatic heterocycles. The second-order valence-electron chi connectivity index (χ2n) is 5.04. The van der Waals surface area contributed by atoms with Gasteiger partial charge in [0.05, 0.1) is 6.42 Å². The van der Waals surface area contributed by atoms with Crippen molar-refractivity contribution in [3.63, 3.8) is 0 Å². The van der Waals surface area contributed by atoms with Gasteiger partial charge in [0, 0.05) is 12.5 Å². The number of aromatic nitrogens is 2. The van der Waals surface area contributed by atoms with Gasteiger partial charge in [-0.1, -0.05) is 0 Å². The minimum absolute atomic E-state index is 0.0335. The topological polar surface area (TPSA) is 100 Å². The second-order valence-corrected chi connectivity index (χ2v) is 5.94. The van der Waals surface area contributed by atoms with Crippen LogP contribution >= 0.6 is 8.73 Å². The van der Waals surface area contributed by atoms with Crippen molar-refractivity contribution in [3.05, 3.63) is 23.5 Å². The summed E-state index contributed by atoms with van der Waals surface area (Å²) in [5, 5.41) is 0. The van der Waals surface area contributed by atoms with Crippen LogP contribution in [0.4, 0.5) is 11.6 Å². The molecular weight excluding hydrogens is 317 g/mol. The number of carbonyl (C=O) groups excluding carboxylic acids is 2. The number of anilines is 2. The minimum Gasteiger partial charge on any atom is -0.458 e. The van der Waals surface area contributed by atoms with E-state index in [1.54, 1.807) is 10.7 Å². The van der Waals surface area contributed by atoms with Gasteiger partial charge in [0.25, 0.3) is 0 Å². The number of aryl methyl sites for hydroxylation is 1. The van der Waals surface area contributed by atoms with Crippen molar-refractivity contribution in [1.29, 1.82) is 0 Å². The van der Waals surface area contributed by atoms with Crippen molar-refractivity contribution in [1.82, 2.24) is 15.4 Å². The summed E-state index contributed by atoms with van der Waals surface area (Å²) in [4.78, 5) is 32.2. The third kappa shape index (κ3) is 2.90. The molecule has 120 valence electrons. The number of hydrogen-bond acceptors (Lipinski definition) is 6. The van der Waals surface area contributed by atoms with Crippen LogP contribution < -0.4 is 15.5 Å². The molecular formula is C14H16N5O3P. The Kier molecular flexibility index (Phi) is 4.00. The first-order valence-corrected chi connectivity index (χ1v) is 8.45. The zero-order chi connectivity index (χ0) is 16.6. The van der Waals surface area contributed by atoms with Crippen LogP contribution in [-0.2, 0) is 16.0 Å². The summed E-state index contributed by atoms with van der Waals surface area (Å²) >= 11 is 0. The standard InChI is InChI=1S/C14H16N5O3P/c1-7-4-5-10(22-7)13-15-12(18-17-8(2)20)9-6-11(21)19(23-3)14(9)16-13/h4-5,23H,6H2,1-3H3,(H,17,20)(H,15,16,18). The maximum atomic E-state index is 12.1. The van der Waals surface area contributed by atoms with E-state index in [1.807, 2.05) is 19.7 Å². The summed E-state index contributed by atoms with van der Waals surface area (Å²) in [5.74, 6) is 2.29. The Morgan fingerprint density at radius 3 is 2.78 bits per heavy atom. The van der Waals surface area contributed by atoms with E-state index >= 15 is 0 Å². The third-order valence-corrected chi connectivity index (χ3v) is 4.22. The highest BCUT2D eigenvalue weighted by molar-refractivity contribution is 7.40. The number of nitrogens with one attached hydrogen (secondary N) is 2. The van der Waals surface area contributed by atoms with Crippen LogP contribution in [0.1, 0.15) is 18.2 Å². The molecule has 0 aromatic carbocycles. The Labute approximate surface area is 134 Å². The van der Waals surface area contributed by atoms with Crippen molar-refractivity contribution < 1.29 is 14.0 Å². The molecule has 23 heavy (non-hydrogen) atoms. The minimum atomic E-state index is -0.258. The van der Waals surface area contributed by atoms with E-state index in [2.05, 4.69) is 20.8 Å². The molecule has 2 aromatic heterocycles. The van der Waals surface area contributed by atoms with Gasteiger partial charge >= 0.3 is 0 Å². The Bertz CT molecular complexity index is 789. The monoisotopic (exact) mass is 333 g/mol. The van der Waals surface area contributed by atoms with Crippen molar-refractivity contribution in [3.8, 4) is 11.6 Å². The Morgan fingerprint density at radius 2 is 2.17 bits per heavy atom. The lowest BCUT2D eigenvalue weighted by atomic mass is 10.2. The van der Waals surface area contributed by atoms with Crippen LogP contribution in [0.15, 0.2) is 16.5 Å². The quantitative estimate of drug-likeness (QED) is 0.651. The molecule has 0 radical (unpaired) electrons. The smallest absolute Gasteiger partial charge is 0.235 e. The summed E-state index contributed by atoms with van der Waals surface area (Å²) in [5.41, 5.74) is 5.92. The molecule has 3 rings (SSSR count). The van der Waals surface area contributed by atoms with Crippen LogP contribution in [-0.4, -0.2) is 28.4 Å². The van der Waals surface area contributed by atoms with E-state index in [0.29, 0.717) is 28.8 Å². The van der Waals surface area contributed by atoms with Gasteiger partial charge in [-0.3, -0.25) is 25.1 Å². The number of hydrazine groups is 1. The van der Waals surface area contributed by atoms with E-state index in [0.717, 1.165) is 5.76 Å². The third-order valence-electron chi connectivity index (χ3n) is 3.32. The summed E-state index contributed by atoms with van der Waals surface area (Å²) in [6.07, 6.45) is 0.204. The predicted octanol–water partition coefficient (Wildman–Crippen LogP) is 1.62. The van der Waals surface area contributed by atoms with Crippen molar-refractivity contribution in [2.75, 3.05) is 16.8 Å². The zero-order valence-electron chi connectivity index (χ0n) is 12.9. The first-order chi connectivity index (χ1) is 11.0. The van der Waals surface area contributed by atoms with Gasteiger partial charge in [-0.05, 0) is 34.5 Å². The lowest BCUT2D eigenvalue weighted by Gasteiger charge is -2.15. The van der Waals surface area contributed by atoms with Gasteiger partial charge in [-0.25, -0.2) is 9.97 Å². The fraction of sp³-hybridized carbons (Fsp3) is 0.286. The van der Waals surface area contributed by atoms with Crippen LogP contribution in [0.5, 0.6) is 0 Å². The number of furan rings is 1. The predicted molar refractivity (Wildman–Crippen MR) is 87.3 cm³/mol. The largest absolute Gasteiger partial charge is 0.458 e. The number of carbonyl (C=O) groups is 2. The number of amides is 2. The van der Waals surface area contributed by atoms with Crippen LogP contribution in [0, 0.1) is 6.92 Å². The summed E-state index contributed by atoms with van der Waals surface area (Å²) in [6, 6.07) is 3.59. The summed E-state index contributed by atoms with van der Waals surface area (Å²) in [6.45, 7) is 5.12. The first kappa shape index (κ1) is 15.4. The molecule has 2 amide bonds. The molecule has 3 heterocycles. The molecule has 0 fully saturated rings. The molecule has 0 spiro atoms. The van der Waals surface area contributed by atoms with E-state index < -0.39 is 0 Å². The second kappa shape index (κ2) is 5.96. The summed E-state index contributed by atoms with van der Waals surface area (Å²) in [7, 11) is 0.260. The SMILES string of the molecule is CPN1C(=O)Cc2c(NNC(C)=O)nc(-c3ccc(C)o3)nc21. The number of nitrogens with zero attached hydrogens (tertiary/aromatic N) is 3. The number of hydrogen-bond donors (Lipinski definition) is 2.